The van der Waals surface area contributed by atoms with E-state index in [0.29, 0.717) is 5.75 Å². The monoisotopic (exact) mass is 264 g/mol. The average molecular weight is 264 g/mol. The fraction of sp³-hybridized carbons (Fsp3) is 0.500. The van der Waals surface area contributed by atoms with E-state index in [1.807, 2.05) is 12.1 Å². The van der Waals surface area contributed by atoms with Crippen LogP contribution < -0.4 is 10.1 Å². The van der Waals surface area contributed by atoms with Crippen LogP contribution in [-0.4, -0.2) is 48.8 Å². The Bertz CT molecular complexity index is 413. The van der Waals surface area contributed by atoms with Gasteiger partial charge in [0.25, 0.3) is 0 Å². The zero-order chi connectivity index (χ0) is 13.7. The molecular weight excluding hydrogens is 244 g/mol. The molecular formula is C14H20N2O3. The molecule has 0 spiro atoms. The van der Waals surface area contributed by atoms with Crippen LogP contribution in [-0.2, 0) is 4.79 Å². The Morgan fingerprint density at radius 3 is 2.53 bits per heavy atom. The minimum Gasteiger partial charge on any atom is -0.427 e. The van der Waals surface area contributed by atoms with Crippen LogP contribution in [0.15, 0.2) is 24.3 Å². The molecule has 1 aliphatic rings. The van der Waals surface area contributed by atoms with Crippen LogP contribution in [0.4, 0.5) is 0 Å². The third-order valence-electron chi connectivity index (χ3n) is 3.29. The maximum absolute atomic E-state index is 10.9. The first-order valence-electron chi connectivity index (χ1n) is 6.54. The third-order valence-corrected chi connectivity index (χ3v) is 3.29. The largest absolute Gasteiger partial charge is 0.427 e. The third kappa shape index (κ3) is 3.76. The number of carbonyl (C=O) groups excluding carboxylic acids is 1. The molecule has 19 heavy (non-hydrogen) atoms. The van der Waals surface area contributed by atoms with Crippen molar-refractivity contribution in [2.24, 2.45) is 0 Å². The average Bonchev–Trinajstić information content (AvgIpc) is 2.42. The molecule has 2 rings (SSSR count). The van der Waals surface area contributed by atoms with Crippen molar-refractivity contribution in [3.05, 3.63) is 29.8 Å². The van der Waals surface area contributed by atoms with Crippen LogP contribution in [0.5, 0.6) is 5.75 Å². The van der Waals surface area contributed by atoms with E-state index < -0.39 is 0 Å². The molecule has 5 nitrogen and oxygen atoms in total. The van der Waals surface area contributed by atoms with Gasteiger partial charge in [0, 0.05) is 33.1 Å². The molecule has 1 aromatic rings. The Hall–Kier alpha value is -1.43. The predicted octanol–water partition coefficient (Wildman–Crippen LogP) is 0.550. The fourth-order valence-corrected chi connectivity index (χ4v) is 2.35. The van der Waals surface area contributed by atoms with Gasteiger partial charge < -0.3 is 15.2 Å². The SMILES string of the molecule is CC(=O)Oc1ccc([C@@H](CO)N2CCNCC2)cc1. The van der Waals surface area contributed by atoms with Gasteiger partial charge in [-0.25, -0.2) is 0 Å². The van der Waals surface area contributed by atoms with E-state index in [4.69, 9.17) is 4.74 Å². The van der Waals surface area contributed by atoms with Crippen molar-refractivity contribution in [2.45, 2.75) is 13.0 Å². The molecule has 1 heterocycles. The van der Waals surface area contributed by atoms with E-state index in [9.17, 15) is 9.90 Å². The van der Waals surface area contributed by atoms with E-state index >= 15 is 0 Å². The second-order valence-electron chi connectivity index (χ2n) is 4.65. The zero-order valence-corrected chi connectivity index (χ0v) is 11.1. The van der Waals surface area contributed by atoms with E-state index in [1.54, 1.807) is 12.1 Å². The molecule has 0 aromatic heterocycles. The van der Waals surface area contributed by atoms with Crippen molar-refractivity contribution < 1.29 is 14.6 Å². The second-order valence-corrected chi connectivity index (χ2v) is 4.65. The molecule has 1 aliphatic heterocycles. The molecule has 0 aliphatic carbocycles. The summed E-state index contributed by atoms with van der Waals surface area (Å²) in [6, 6.07) is 7.35. The van der Waals surface area contributed by atoms with Gasteiger partial charge in [0.05, 0.1) is 12.6 Å². The molecule has 5 heteroatoms. The summed E-state index contributed by atoms with van der Waals surface area (Å²) in [5.74, 6) is 0.210. The van der Waals surface area contributed by atoms with Crippen molar-refractivity contribution in [3.63, 3.8) is 0 Å². The number of nitrogens with one attached hydrogen (secondary N) is 1. The summed E-state index contributed by atoms with van der Waals surface area (Å²) in [4.78, 5) is 13.1. The van der Waals surface area contributed by atoms with E-state index in [1.165, 1.54) is 6.92 Å². The minimum atomic E-state index is -0.325. The Morgan fingerprint density at radius 1 is 1.37 bits per heavy atom. The number of benzene rings is 1. The molecule has 1 fully saturated rings. The van der Waals surface area contributed by atoms with E-state index in [2.05, 4.69) is 10.2 Å². The topological polar surface area (TPSA) is 61.8 Å². The van der Waals surface area contributed by atoms with Crippen LogP contribution in [0.1, 0.15) is 18.5 Å². The first-order valence-corrected chi connectivity index (χ1v) is 6.54. The van der Waals surface area contributed by atoms with E-state index in [0.717, 1.165) is 31.7 Å². The predicted molar refractivity (Wildman–Crippen MR) is 72.0 cm³/mol. The highest BCUT2D eigenvalue weighted by molar-refractivity contribution is 5.69. The summed E-state index contributed by atoms with van der Waals surface area (Å²) in [7, 11) is 0. The Labute approximate surface area is 113 Å². The first-order chi connectivity index (χ1) is 9.20. The van der Waals surface area contributed by atoms with Crippen molar-refractivity contribution in [3.8, 4) is 5.75 Å². The number of ether oxygens (including phenoxy) is 1. The van der Waals surface area contributed by atoms with Gasteiger partial charge in [0.2, 0.25) is 0 Å². The lowest BCUT2D eigenvalue weighted by Crippen LogP contribution is -2.46. The number of aliphatic hydroxyl groups is 1. The lowest BCUT2D eigenvalue weighted by Gasteiger charge is -2.34. The van der Waals surface area contributed by atoms with Gasteiger partial charge in [-0.1, -0.05) is 12.1 Å². The highest BCUT2D eigenvalue weighted by atomic mass is 16.5. The van der Waals surface area contributed by atoms with Crippen LogP contribution in [0.3, 0.4) is 0 Å². The highest BCUT2D eigenvalue weighted by Crippen LogP contribution is 2.23. The van der Waals surface area contributed by atoms with Crippen molar-refractivity contribution in [1.29, 1.82) is 0 Å². The maximum atomic E-state index is 10.9. The molecule has 104 valence electrons. The number of esters is 1. The van der Waals surface area contributed by atoms with Crippen LogP contribution >= 0.6 is 0 Å². The van der Waals surface area contributed by atoms with Crippen LogP contribution in [0, 0.1) is 0 Å². The number of rotatable bonds is 4. The maximum Gasteiger partial charge on any atom is 0.308 e. The number of piperazine rings is 1. The first kappa shape index (κ1) is 14.0. The number of hydrogen-bond donors (Lipinski definition) is 2. The molecule has 0 radical (unpaired) electrons. The Balaban J connectivity index is 2.07. The quantitative estimate of drug-likeness (QED) is 0.614. The Kier molecular flexibility index (Phi) is 4.90. The molecule has 0 unspecified atom stereocenters. The molecule has 1 atom stereocenters. The summed E-state index contributed by atoms with van der Waals surface area (Å²) >= 11 is 0. The lowest BCUT2D eigenvalue weighted by atomic mass is 10.1. The molecule has 0 amide bonds. The standard InChI is InChI=1S/C14H20N2O3/c1-11(18)19-13-4-2-12(3-5-13)14(10-17)16-8-6-15-7-9-16/h2-5,14-15,17H,6-10H2,1H3/t14-/m1/s1. The smallest absolute Gasteiger partial charge is 0.308 e. The van der Waals surface area contributed by atoms with Crippen molar-refractivity contribution in [1.82, 2.24) is 10.2 Å². The van der Waals surface area contributed by atoms with Crippen molar-refractivity contribution >= 4 is 5.97 Å². The fourth-order valence-electron chi connectivity index (χ4n) is 2.35. The summed E-state index contributed by atoms with van der Waals surface area (Å²) in [5.41, 5.74) is 1.04. The van der Waals surface area contributed by atoms with Gasteiger partial charge in [-0.05, 0) is 17.7 Å². The van der Waals surface area contributed by atoms with Gasteiger partial charge in [0.1, 0.15) is 5.75 Å². The summed E-state index contributed by atoms with van der Waals surface area (Å²) in [6.45, 7) is 5.22. The number of aliphatic hydroxyl groups excluding tert-OH is 1. The second kappa shape index (κ2) is 6.65. The molecule has 0 bridgehead atoms. The van der Waals surface area contributed by atoms with Gasteiger partial charge in [-0.3, -0.25) is 9.69 Å². The van der Waals surface area contributed by atoms with Gasteiger partial charge in [-0.15, -0.1) is 0 Å². The summed E-state index contributed by atoms with van der Waals surface area (Å²) < 4.78 is 5.00. The number of hydrogen-bond acceptors (Lipinski definition) is 5. The molecule has 1 saturated heterocycles. The minimum absolute atomic E-state index is 0.00785. The number of carbonyl (C=O) groups is 1. The van der Waals surface area contributed by atoms with Crippen molar-refractivity contribution in [2.75, 3.05) is 32.8 Å². The lowest BCUT2D eigenvalue weighted by molar-refractivity contribution is -0.131. The van der Waals surface area contributed by atoms with Crippen LogP contribution in [0.25, 0.3) is 0 Å². The van der Waals surface area contributed by atoms with Gasteiger partial charge in [0.15, 0.2) is 0 Å². The van der Waals surface area contributed by atoms with E-state index in [-0.39, 0.29) is 18.6 Å². The summed E-state index contributed by atoms with van der Waals surface area (Å²) in [5, 5.41) is 12.9. The summed E-state index contributed by atoms with van der Waals surface area (Å²) in [6.07, 6.45) is 0. The van der Waals surface area contributed by atoms with Crippen LogP contribution in [0.2, 0.25) is 0 Å². The molecule has 2 N–H and O–H groups in total. The normalized spacial score (nSPS) is 18.0. The van der Waals surface area contributed by atoms with Gasteiger partial charge >= 0.3 is 5.97 Å². The highest BCUT2D eigenvalue weighted by Gasteiger charge is 2.21. The molecule has 1 aromatic carbocycles. The van der Waals surface area contributed by atoms with Gasteiger partial charge in [-0.2, -0.15) is 0 Å². The zero-order valence-electron chi connectivity index (χ0n) is 11.1. The Morgan fingerprint density at radius 2 is 2.00 bits per heavy atom. The molecule has 0 saturated carbocycles. The number of nitrogens with zero attached hydrogens (tertiary/aromatic N) is 1.